The molecular formula is C20H28N5O5S2+. The first-order chi connectivity index (χ1) is 14.8. The van der Waals surface area contributed by atoms with Crippen molar-refractivity contribution >= 4 is 38.7 Å². The molecule has 3 aromatic rings. The zero-order valence-electron chi connectivity index (χ0n) is 18.8. The Balaban J connectivity index is 2.00. The zero-order chi connectivity index (χ0) is 23.8. The monoisotopic (exact) mass is 482 g/mol. The Labute approximate surface area is 190 Å². The molecule has 4 N–H and O–H groups in total. The molecular weight excluding hydrogens is 454 g/mol. The summed E-state index contributed by atoms with van der Waals surface area (Å²) in [6.45, 7) is 8.23. The lowest BCUT2D eigenvalue weighted by Crippen LogP contribution is -2.26. The number of thiophene rings is 1. The topological polar surface area (TPSA) is 134 Å². The molecule has 3 rings (SSSR count). The molecule has 32 heavy (non-hydrogen) atoms. The van der Waals surface area contributed by atoms with Crippen molar-refractivity contribution in [2.75, 3.05) is 24.7 Å². The summed E-state index contributed by atoms with van der Waals surface area (Å²) < 4.78 is 31.1. The van der Waals surface area contributed by atoms with Gasteiger partial charge in [-0.1, -0.05) is 32.0 Å². The van der Waals surface area contributed by atoms with Crippen LogP contribution in [0.5, 0.6) is 5.75 Å². The number of hydrogen-bond donors (Lipinski definition) is 4. The number of aromatic nitrogens is 2. The van der Waals surface area contributed by atoms with E-state index in [9.17, 15) is 18.4 Å². The van der Waals surface area contributed by atoms with Crippen LogP contribution in [-0.2, 0) is 10.0 Å². The Hall–Kier alpha value is -2.83. The fourth-order valence-electron chi connectivity index (χ4n) is 3.10. The number of nitrogens with zero attached hydrogens (tertiary/aromatic N) is 2. The van der Waals surface area contributed by atoms with Crippen LogP contribution in [0.2, 0.25) is 0 Å². The second kappa shape index (κ2) is 8.60. The summed E-state index contributed by atoms with van der Waals surface area (Å²) in [7, 11) is -1.15. The summed E-state index contributed by atoms with van der Waals surface area (Å²) in [6, 6.07) is 8.12. The van der Waals surface area contributed by atoms with Crippen LogP contribution in [0.3, 0.4) is 0 Å². The Morgan fingerprint density at radius 2 is 1.91 bits per heavy atom. The van der Waals surface area contributed by atoms with Gasteiger partial charge in [-0.25, -0.2) is 12.7 Å². The van der Waals surface area contributed by atoms with Gasteiger partial charge in [0.15, 0.2) is 10.3 Å². The number of rotatable bonds is 7. The van der Waals surface area contributed by atoms with E-state index in [1.807, 2.05) is 19.1 Å². The summed E-state index contributed by atoms with van der Waals surface area (Å²) in [4.78, 5) is 14.3. The smallest absolute Gasteiger partial charge is 0.371 e. The largest absolute Gasteiger partial charge is 0.503 e. The van der Waals surface area contributed by atoms with Crippen LogP contribution >= 0.6 is 11.3 Å². The number of benzene rings is 1. The van der Waals surface area contributed by atoms with E-state index in [0.717, 1.165) is 14.1 Å². The van der Waals surface area contributed by atoms with Gasteiger partial charge >= 0.3 is 5.82 Å². The molecule has 0 spiro atoms. The van der Waals surface area contributed by atoms with E-state index in [0.29, 0.717) is 0 Å². The maximum atomic E-state index is 12.5. The van der Waals surface area contributed by atoms with Crippen molar-refractivity contribution < 1.29 is 22.8 Å². The molecule has 0 saturated carbocycles. The third kappa shape index (κ3) is 4.66. The molecule has 0 saturated heterocycles. The van der Waals surface area contributed by atoms with Crippen molar-refractivity contribution in [1.29, 1.82) is 0 Å². The predicted molar refractivity (Wildman–Crippen MR) is 124 cm³/mol. The van der Waals surface area contributed by atoms with Gasteiger partial charge in [-0.05, 0) is 41.5 Å². The lowest BCUT2D eigenvalue weighted by atomic mass is 9.86. The second-order valence-electron chi connectivity index (χ2n) is 8.63. The fraction of sp³-hybridized carbons (Fsp3) is 0.400. The van der Waals surface area contributed by atoms with Crippen molar-refractivity contribution in [3.05, 3.63) is 45.0 Å². The van der Waals surface area contributed by atoms with Crippen molar-refractivity contribution in [1.82, 2.24) is 9.46 Å². The summed E-state index contributed by atoms with van der Waals surface area (Å²) in [5.41, 5.74) is -0.176. The maximum Gasteiger partial charge on any atom is 0.371 e. The first-order valence-corrected chi connectivity index (χ1v) is 12.1. The molecule has 0 bridgehead atoms. The fourth-order valence-corrected chi connectivity index (χ4v) is 5.27. The molecule has 0 aliphatic heterocycles. The Morgan fingerprint density at radius 3 is 2.47 bits per heavy atom. The number of aromatic hydroxyl groups is 1. The highest BCUT2D eigenvalue weighted by Crippen LogP contribution is 2.40. The molecule has 0 unspecified atom stereocenters. The summed E-state index contributed by atoms with van der Waals surface area (Å²) in [6.07, 6.45) is 0. The Morgan fingerprint density at radius 1 is 1.22 bits per heavy atom. The number of aryl methyl sites for hydroxylation is 1. The normalized spacial score (nSPS) is 13.3. The SMILES string of the molecule is Cc1ccc([C@H](Nc2[nH]o[n+](=O)c2Nc2cccc(S(=O)(=O)N(C)C)c2O)C(C)(C)C)s1. The van der Waals surface area contributed by atoms with E-state index < -0.39 is 15.8 Å². The maximum absolute atomic E-state index is 12.5. The number of anilines is 3. The van der Waals surface area contributed by atoms with Crippen molar-refractivity contribution in [3.63, 3.8) is 0 Å². The Bertz CT molecular complexity index is 1270. The predicted octanol–water partition coefficient (Wildman–Crippen LogP) is 3.79. The number of para-hydroxylation sites is 1. The van der Waals surface area contributed by atoms with Gasteiger partial charge in [-0.2, -0.15) is 0 Å². The van der Waals surface area contributed by atoms with Crippen molar-refractivity contribution in [2.24, 2.45) is 5.41 Å². The van der Waals surface area contributed by atoms with Crippen LogP contribution in [0.15, 0.2) is 39.9 Å². The second-order valence-corrected chi connectivity index (χ2v) is 12.1. The van der Waals surface area contributed by atoms with Gasteiger partial charge in [0.1, 0.15) is 10.6 Å². The summed E-state index contributed by atoms with van der Waals surface area (Å²) in [5, 5.41) is 19.3. The summed E-state index contributed by atoms with van der Waals surface area (Å²) >= 11 is 1.64. The van der Waals surface area contributed by atoms with Gasteiger partial charge in [-0.3, -0.25) is 5.32 Å². The number of phenolic OH excluding ortho intramolecular Hbond substituents is 1. The molecule has 0 fully saturated rings. The van der Waals surface area contributed by atoms with Crippen LogP contribution in [-0.4, -0.2) is 37.1 Å². The van der Waals surface area contributed by atoms with Gasteiger partial charge in [0.05, 0.1) is 6.04 Å². The Kier molecular flexibility index (Phi) is 6.40. The van der Waals surface area contributed by atoms with Crippen LogP contribution in [0.1, 0.15) is 36.6 Å². The number of nitrogens with one attached hydrogen (secondary N) is 3. The molecule has 10 nitrogen and oxygen atoms in total. The molecule has 0 amide bonds. The van der Waals surface area contributed by atoms with Gasteiger partial charge < -0.3 is 10.4 Å². The third-order valence-electron chi connectivity index (χ3n) is 4.86. The van der Waals surface area contributed by atoms with E-state index in [1.165, 1.54) is 32.3 Å². The number of sulfonamides is 1. The molecule has 1 atom stereocenters. The van der Waals surface area contributed by atoms with Crippen LogP contribution in [0.25, 0.3) is 0 Å². The minimum atomic E-state index is -3.89. The minimum absolute atomic E-state index is 0.0367. The highest BCUT2D eigenvalue weighted by molar-refractivity contribution is 7.89. The van der Waals surface area contributed by atoms with Gasteiger partial charge in [0, 0.05) is 23.8 Å². The minimum Gasteiger partial charge on any atom is -0.503 e. The van der Waals surface area contributed by atoms with Crippen molar-refractivity contribution in [2.45, 2.75) is 38.6 Å². The van der Waals surface area contributed by atoms with Crippen LogP contribution in [0.4, 0.5) is 17.3 Å². The highest BCUT2D eigenvalue weighted by atomic mass is 32.2. The molecule has 0 radical (unpaired) electrons. The lowest BCUT2D eigenvalue weighted by Gasteiger charge is -2.30. The number of H-pyrrole nitrogens is 1. The van der Waals surface area contributed by atoms with Gasteiger partial charge in [-0.15, -0.1) is 16.0 Å². The average Bonchev–Trinajstić information content (AvgIpc) is 3.26. The van der Waals surface area contributed by atoms with Crippen molar-refractivity contribution in [3.8, 4) is 5.75 Å². The summed E-state index contributed by atoms with van der Waals surface area (Å²) in [5.74, 6) is -0.303. The molecule has 174 valence electrons. The third-order valence-corrected chi connectivity index (χ3v) is 7.77. The quantitative estimate of drug-likeness (QED) is 0.377. The van der Waals surface area contributed by atoms with E-state index in [-0.39, 0.29) is 38.3 Å². The standard InChI is InChI=1S/C20H27N5O5S2/c1-12-10-11-14(31-12)17(20(2,3)4)22-18-19(25(27)30-23-18)21-13-8-7-9-15(16(13)26)32(28,29)24(5)6/h7-11,17,21H,1-6H3,(H2-,22,23,26,27)/p+1/t17-/m0/s1. The molecule has 12 heteroatoms. The zero-order valence-corrected chi connectivity index (χ0v) is 20.4. The van der Waals surface area contributed by atoms with E-state index in [2.05, 4.69) is 36.6 Å². The van der Waals surface area contributed by atoms with Crippen LogP contribution in [0, 0.1) is 17.2 Å². The number of phenols is 1. The van der Waals surface area contributed by atoms with Gasteiger partial charge in [0.2, 0.25) is 10.0 Å². The molecule has 0 aliphatic carbocycles. The first-order valence-electron chi connectivity index (χ1n) is 9.81. The molecule has 0 aliphatic rings. The van der Waals surface area contributed by atoms with E-state index >= 15 is 0 Å². The van der Waals surface area contributed by atoms with Crippen LogP contribution < -0.4 is 15.2 Å². The average molecular weight is 483 g/mol. The molecule has 1 aromatic carbocycles. The van der Waals surface area contributed by atoms with E-state index in [4.69, 9.17) is 4.63 Å². The number of aromatic amines is 1. The van der Waals surface area contributed by atoms with E-state index in [1.54, 1.807) is 11.3 Å². The first kappa shape index (κ1) is 23.8. The highest BCUT2D eigenvalue weighted by Gasteiger charge is 2.33. The number of hydrogen-bond acceptors (Lipinski definition) is 8. The molecule has 2 aromatic heterocycles. The lowest BCUT2D eigenvalue weighted by molar-refractivity contribution is -0.701. The van der Waals surface area contributed by atoms with Gasteiger partial charge in [0.25, 0.3) is 5.82 Å². The molecule has 2 heterocycles.